The summed E-state index contributed by atoms with van der Waals surface area (Å²) in [6, 6.07) is 5.39. The Morgan fingerprint density at radius 3 is 2.40 bits per heavy atom. The number of nitrogens with zero attached hydrogens (tertiary/aromatic N) is 1. The molecule has 0 N–H and O–H groups in total. The van der Waals surface area contributed by atoms with Gasteiger partial charge < -0.3 is 9.47 Å². The first-order valence-electron chi connectivity index (χ1n) is 8.50. The van der Waals surface area contributed by atoms with Gasteiger partial charge in [0, 0.05) is 6.04 Å². The standard InChI is InChI=1S/C19H25NO4S/c1-6-23-16-9-14(7-8-15(16)24-11-12(2)3)10-17-18(21)20(13(4)5)19(22)25-17/h7-10,12-13H,6,11H2,1-5H3/b17-10-. The molecule has 0 atom stereocenters. The predicted molar refractivity (Wildman–Crippen MR) is 101 cm³/mol. The van der Waals surface area contributed by atoms with Crippen molar-refractivity contribution in [2.45, 2.75) is 40.7 Å². The highest BCUT2D eigenvalue weighted by molar-refractivity contribution is 8.18. The smallest absolute Gasteiger partial charge is 0.293 e. The van der Waals surface area contributed by atoms with Crippen LogP contribution in [0.2, 0.25) is 0 Å². The third kappa shape index (κ3) is 4.78. The van der Waals surface area contributed by atoms with Crippen molar-refractivity contribution in [2.75, 3.05) is 13.2 Å². The van der Waals surface area contributed by atoms with Crippen LogP contribution in [-0.2, 0) is 4.79 Å². The van der Waals surface area contributed by atoms with E-state index in [4.69, 9.17) is 9.47 Å². The Bertz CT molecular complexity index is 682. The number of ether oxygens (including phenoxy) is 2. The topological polar surface area (TPSA) is 55.8 Å². The summed E-state index contributed by atoms with van der Waals surface area (Å²) in [6.45, 7) is 10.9. The van der Waals surface area contributed by atoms with Crippen LogP contribution in [0.15, 0.2) is 23.1 Å². The Morgan fingerprint density at radius 2 is 1.84 bits per heavy atom. The zero-order valence-corrected chi connectivity index (χ0v) is 16.2. The van der Waals surface area contributed by atoms with Gasteiger partial charge >= 0.3 is 0 Å². The fraction of sp³-hybridized carbons (Fsp3) is 0.474. The van der Waals surface area contributed by atoms with Crippen LogP contribution in [0.4, 0.5) is 4.79 Å². The summed E-state index contributed by atoms with van der Waals surface area (Å²) in [5.41, 5.74) is 0.801. The van der Waals surface area contributed by atoms with E-state index in [2.05, 4.69) is 13.8 Å². The van der Waals surface area contributed by atoms with Crippen LogP contribution < -0.4 is 9.47 Å². The third-order valence-corrected chi connectivity index (χ3v) is 4.36. The molecule has 6 heteroatoms. The number of carbonyl (C=O) groups excluding carboxylic acids is 2. The van der Waals surface area contributed by atoms with Crippen LogP contribution in [0.3, 0.4) is 0 Å². The molecule has 5 nitrogen and oxygen atoms in total. The van der Waals surface area contributed by atoms with Crippen LogP contribution in [0.5, 0.6) is 11.5 Å². The second-order valence-corrected chi connectivity index (χ2v) is 7.48. The molecule has 1 aliphatic heterocycles. The Kier molecular flexibility index (Phi) is 6.53. The molecule has 0 aliphatic carbocycles. The SMILES string of the molecule is CCOc1cc(/C=C2\SC(=O)N(C(C)C)C2=O)ccc1OCC(C)C. The monoisotopic (exact) mass is 363 g/mol. The molecule has 1 fully saturated rings. The van der Waals surface area contributed by atoms with Gasteiger partial charge in [-0.15, -0.1) is 0 Å². The molecular formula is C19H25NO4S. The number of rotatable bonds is 7. The Morgan fingerprint density at radius 1 is 1.12 bits per heavy atom. The van der Waals surface area contributed by atoms with E-state index < -0.39 is 0 Å². The van der Waals surface area contributed by atoms with E-state index in [0.29, 0.717) is 35.5 Å². The summed E-state index contributed by atoms with van der Waals surface area (Å²) in [5, 5.41) is -0.229. The summed E-state index contributed by atoms with van der Waals surface area (Å²) in [4.78, 5) is 26.1. The molecule has 1 heterocycles. The Labute approximate surface area is 153 Å². The zero-order valence-electron chi connectivity index (χ0n) is 15.4. The summed E-state index contributed by atoms with van der Waals surface area (Å²) in [7, 11) is 0. The van der Waals surface area contributed by atoms with Crippen LogP contribution >= 0.6 is 11.8 Å². The lowest BCUT2D eigenvalue weighted by atomic mass is 10.1. The van der Waals surface area contributed by atoms with E-state index in [0.717, 1.165) is 17.3 Å². The summed E-state index contributed by atoms with van der Waals surface area (Å²) >= 11 is 0.969. The first kappa shape index (κ1) is 19.4. The van der Waals surface area contributed by atoms with Gasteiger partial charge in [-0.25, -0.2) is 0 Å². The maximum atomic E-state index is 12.4. The van der Waals surface area contributed by atoms with Gasteiger partial charge in [0.1, 0.15) is 0 Å². The van der Waals surface area contributed by atoms with Crippen molar-refractivity contribution in [3.05, 3.63) is 28.7 Å². The molecule has 2 rings (SSSR count). The van der Waals surface area contributed by atoms with Gasteiger partial charge in [0.15, 0.2) is 11.5 Å². The number of carbonyl (C=O) groups is 2. The minimum atomic E-state index is -0.247. The normalized spacial score (nSPS) is 16.4. The molecule has 136 valence electrons. The first-order chi connectivity index (χ1) is 11.8. The van der Waals surface area contributed by atoms with Crippen molar-refractivity contribution in [3.8, 4) is 11.5 Å². The fourth-order valence-electron chi connectivity index (χ4n) is 2.33. The van der Waals surface area contributed by atoms with Gasteiger partial charge in [0.25, 0.3) is 11.1 Å². The summed E-state index contributed by atoms with van der Waals surface area (Å²) < 4.78 is 11.4. The molecule has 0 saturated carbocycles. The Hall–Kier alpha value is -1.95. The number of hydrogen-bond acceptors (Lipinski definition) is 5. The summed E-state index contributed by atoms with van der Waals surface area (Å²) in [5.74, 6) is 1.49. The van der Waals surface area contributed by atoms with E-state index in [1.54, 1.807) is 6.08 Å². The van der Waals surface area contributed by atoms with Crippen molar-refractivity contribution in [3.63, 3.8) is 0 Å². The van der Waals surface area contributed by atoms with E-state index in [-0.39, 0.29) is 17.2 Å². The lowest BCUT2D eigenvalue weighted by Crippen LogP contribution is -2.34. The molecule has 0 spiro atoms. The molecule has 0 radical (unpaired) electrons. The van der Waals surface area contributed by atoms with Crippen molar-refractivity contribution < 1.29 is 19.1 Å². The largest absolute Gasteiger partial charge is 0.490 e. The number of imide groups is 1. The number of benzene rings is 1. The van der Waals surface area contributed by atoms with Crippen molar-refractivity contribution in [1.29, 1.82) is 0 Å². The minimum Gasteiger partial charge on any atom is -0.490 e. The maximum absolute atomic E-state index is 12.4. The van der Waals surface area contributed by atoms with Gasteiger partial charge in [0.2, 0.25) is 0 Å². The van der Waals surface area contributed by atoms with Gasteiger partial charge in [0.05, 0.1) is 18.1 Å². The van der Waals surface area contributed by atoms with Crippen molar-refractivity contribution >= 4 is 29.0 Å². The Balaban J connectivity index is 2.26. The van der Waals surface area contributed by atoms with Crippen LogP contribution in [0.1, 0.15) is 40.2 Å². The highest BCUT2D eigenvalue weighted by atomic mass is 32.2. The lowest BCUT2D eigenvalue weighted by Gasteiger charge is -2.16. The average molecular weight is 363 g/mol. The molecular weight excluding hydrogens is 338 g/mol. The predicted octanol–water partition coefficient (Wildman–Crippen LogP) is 4.56. The molecule has 0 aromatic heterocycles. The van der Waals surface area contributed by atoms with Crippen LogP contribution in [0.25, 0.3) is 6.08 Å². The van der Waals surface area contributed by atoms with Gasteiger partial charge in [-0.2, -0.15) is 0 Å². The highest BCUT2D eigenvalue weighted by Crippen LogP contribution is 2.35. The third-order valence-electron chi connectivity index (χ3n) is 3.48. The molecule has 1 aromatic carbocycles. The van der Waals surface area contributed by atoms with Crippen molar-refractivity contribution in [2.24, 2.45) is 5.92 Å². The van der Waals surface area contributed by atoms with E-state index in [9.17, 15) is 9.59 Å². The number of amides is 2. The van der Waals surface area contributed by atoms with Gasteiger partial charge in [-0.05, 0) is 62.2 Å². The van der Waals surface area contributed by atoms with E-state index >= 15 is 0 Å². The number of hydrogen-bond donors (Lipinski definition) is 0. The first-order valence-corrected chi connectivity index (χ1v) is 9.31. The number of thioether (sulfide) groups is 1. The quantitative estimate of drug-likeness (QED) is 0.665. The summed E-state index contributed by atoms with van der Waals surface area (Å²) in [6.07, 6.45) is 1.72. The molecule has 1 saturated heterocycles. The average Bonchev–Trinajstić information content (AvgIpc) is 2.80. The fourth-order valence-corrected chi connectivity index (χ4v) is 3.30. The molecule has 1 aromatic rings. The molecule has 25 heavy (non-hydrogen) atoms. The molecule has 1 aliphatic rings. The van der Waals surface area contributed by atoms with Crippen LogP contribution in [-0.4, -0.2) is 35.3 Å². The maximum Gasteiger partial charge on any atom is 0.293 e. The molecule has 0 bridgehead atoms. The van der Waals surface area contributed by atoms with E-state index in [1.807, 2.05) is 39.0 Å². The second-order valence-electron chi connectivity index (χ2n) is 6.49. The van der Waals surface area contributed by atoms with E-state index in [1.165, 1.54) is 4.90 Å². The van der Waals surface area contributed by atoms with Gasteiger partial charge in [-0.3, -0.25) is 14.5 Å². The lowest BCUT2D eigenvalue weighted by molar-refractivity contribution is -0.123. The molecule has 2 amide bonds. The zero-order chi connectivity index (χ0) is 18.6. The van der Waals surface area contributed by atoms with Crippen LogP contribution in [0, 0.1) is 5.92 Å². The van der Waals surface area contributed by atoms with Crippen molar-refractivity contribution in [1.82, 2.24) is 4.90 Å². The highest BCUT2D eigenvalue weighted by Gasteiger charge is 2.36. The minimum absolute atomic E-state index is 0.149. The van der Waals surface area contributed by atoms with Gasteiger partial charge in [-0.1, -0.05) is 19.9 Å². The second kappa shape index (κ2) is 8.43. The molecule has 0 unspecified atom stereocenters.